The molecular weight excluding hydrogens is 398 g/mol. The minimum Gasteiger partial charge on any atom is -0.481 e. The summed E-state index contributed by atoms with van der Waals surface area (Å²) in [4.78, 5) is 51.3. The molecular formula is C19H23N3O8. The van der Waals surface area contributed by atoms with Gasteiger partial charge in [-0.05, 0) is 45.4 Å². The molecule has 2 rings (SSSR count). The van der Waals surface area contributed by atoms with Gasteiger partial charge in [-0.25, -0.2) is 14.4 Å². The van der Waals surface area contributed by atoms with Crippen molar-refractivity contribution in [2.75, 3.05) is 17.7 Å². The molecule has 0 aliphatic carbocycles. The SMILES string of the molecule is COC(=O)[C@H](CC(=O)O)Nc1nc2ccc(NC(=O)OC(C)(C)C)c(C)c2c(=O)o1. The predicted molar refractivity (Wildman–Crippen MR) is 107 cm³/mol. The van der Waals surface area contributed by atoms with Gasteiger partial charge < -0.3 is 24.3 Å². The van der Waals surface area contributed by atoms with E-state index in [0.717, 1.165) is 7.11 Å². The van der Waals surface area contributed by atoms with Gasteiger partial charge in [0.2, 0.25) is 0 Å². The molecule has 1 atom stereocenters. The Balaban J connectivity index is 2.36. The van der Waals surface area contributed by atoms with Crippen LogP contribution in [0.5, 0.6) is 0 Å². The van der Waals surface area contributed by atoms with E-state index < -0.39 is 41.7 Å². The molecule has 0 saturated heterocycles. The van der Waals surface area contributed by atoms with E-state index in [4.69, 9.17) is 14.3 Å². The van der Waals surface area contributed by atoms with Gasteiger partial charge in [0, 0.05) is 5.69 Å². The van der Waals surface area contributed by atoms with Crippen molar-refractivity contribution in [3.05, 3.63) is 28.1 Å². The van der Waals surface area contributed by atoms with Crippen LogP contribution in [0.4, 0.5) is 16.5 Å². The van der Waals surface area contributed by atoms with E-state index in [0.29, 0.717) is 11.3 Å². The lowest BCUT2D eigenvalue weighted by Gasteiger charge is -2.20. The van der Waals surface area contributed by atoms with Gasteiger partial charge in [0.1, 0.15) is 11.6 Å². The maximum atomic E-state index is 12.5. The maximum absolute atomic E-state index is 12.5. The van der Waals surface area contributed by atoms with Gasteiger partial charge in [-0.1, -0.05) is 0 Å². The molecule has 0 fully saturated rings. The van der Waals surface area contributed by atoms with Crippen LogP contribution in [-0.4, -0.2) is 46.9 Å². The standard InChI is InChI=1S/C19H23N3O8/c1-9-10(22-18(27)30-19(2,3)4)6-7-11-14(9)16(26)29-17(20-11)21-12(8-13(23)24)15(25)28-5/h6-7,12H,8H2,1-5H3,(H,20,21)(H,22,27)(H,23,24)/t12-/m0/s1. The summed E-state index contributed by atoms with van der Waals surface area (Å²) in [5.74, 6) is -2.11. The Labute approximate surface area is 171 Å². The molecule has 162 valence electrons. The highest BCUT2D eigenvalue weighted by Crippen LogP contribution is 2.24. The summed E-state index contributed by atoms with van der Waals surface area (Å²) in [6, 6.07) is 1.38. The Morgan fingerprint density at radius 1 is 1.27 bits per heavy atom. The van der Waals surface area contributed by atoms with E-state index in [1.807, 2.05) is 0 Å². The Morgan fingerprint density at radius 2 is 1.93 bits per heavy atom. The lowest BCUT2D eigenvalue weighted by atomic mass is 10.1. The zero-order valence-corrected chi connectivity index (χ0v) is 17.2. The molecule has 0 aliphatic rings. The van der Waals surface area contributed by atoms with Crippen molar-refractivity contribution in [2.24, 2.45) is 0 Å². The predicted octanol–water partition coefficient (Wildman–Crippen LogP) is 2.27. The van der Waals surface area contributed by atoms with Crippen molar-refractivity contribution in [1.82, 2.24) is 4.98 Å². The highest BCUT2D eigenvalue weighted by molar-refractivity contribution is 5.93. The summed E-state index contributed by atoms with van der Waals surface area (Å²) in [5, 5.41) is 14.1. The van der Waals surface area contributed by atoms with Crippen molar-refractivity contribution < 1.29 is 33.4 Å². The van der Waals surface area contributed by atoms with Crippen LogP contribution in [0.25, 0.3) is 10.9 Å². The average Bonchev–Trinajstić information content (AvgIpc) is 2.60. The number of carboxylic acid groups (broad SMARTS) is 1. The van der Waals surface area contributed by atoms with Gasteiger partial charge in [0.15, 0.2) is 0 Å². The van der Waals surface area contributed by atoms with E-state index in [1.54, 1.807) is 27.7 Å². The number of ether oxygens (including phenoxy) is 2. The second kappa shape index (κ2) is 8.80. The number of rotatable bonds is 6. The molecule has 30 heavy (non-hydrogen) atoms. The van der Waals surface area contributed by atoms with E-state index in [1.165, 1.54) is 12.1 Å². The quantitative estimate of drug-likeness (QED) is 0.591. The van der Waals surface area contributed by atoms with Crippen molar-refractivity contribution in [2.45, 2.75) is 45.8 Å². The number of anilines is 2. The number of aromatic nitrogens is 1. The topological polar surface area (TPSA) is 157 Å². The Kier molecular flexibility index (Phi) is 6.65. The number of aliphatic carboxylic acids is 1. The Hall–Kier alpha value is -3.63. The summed E-state index contributed by atoms with van der Waals surface area (Å²) in [6.07, 6.45) is -1.29. The first-order chi connectivity index (χ1) is 13.9. The first-order valence-electron chi connectivity index (χ1n) is 8.92. The Morgan fingerprint density at radius 3 is 2.50 bits per heavy atom. The van der Waals surface area contributed by atoms with E-state index >= 15 is 0 Å². The molecule has 3 N–H and O–H groups in total. The lowest BCUT2D eigenvalue weighted by molar-refractivity contribution is -0.146. The first-order valence-corrected chi connectivity index (χ1v) is 8.92. The van der Waals surface area contributed by atoms with Crippen LogP contribution in [0.2, 0.25) is 0 Å². The number of methoxy groups -OCH3 is 1. The highest BCUT2D eigenvalue weighted by Gasteiger charge is 2.25. The van der Waals surface area contributed by atoms with Crippen molar-refractivity contribution in [3.63, 3.8) is 0 Å². The number of carboxylic acids is 1. The van der Waals surface area contributed by atoms with Gasteiger partial charge in [-0.3, -0.25) is 10.1 Å². The highest BCUT2D eigenvalue weighted by atomic mass is 16.6. The first kappa shape index (κ1) is 22.7. The van der Waals surface area contributed by atoms with Crippen LogP contribution >= 0.6 is 0 Å². The second-order valence-corrected chi connectivity index (χ2v) is 7.38. The number of aryl methyl sites for hydroxylation is 1. The molecule has 0 unspecified atom stereocenters. The van der Waals surface area contributed by atoms with Crippen LogP contribution in [-0.2, 0) is 19.1 Å². The molecule has 0 saturated carbocycles. The van der Waals surface area contributed by atoms with Crippen molar-refractivity contribution in [3.8, 4) is 0 Å². The number of hydrogen-bond donors (Lipinski definition) is 3. The third-order valence-corrected chi connectivity index (χ3v) is 3.86. The normalized spacial score (nSPS) is 12.2. The lowest BCUT2D eigenvalue weighted by Crippen LogP contribution is -2.33. The number of amides is 1. The summed E-state index contributed by atoms with van der Waals surface area (Å²) in [5.41, 5.74) is -0.514. The largest absolute Gasteiger partial charge is 0.481 e. The van der Waals surface area contributed by atoms with Gasteiger partial charge in [-0.2, -0.15) is 4.98 Å². The van der Waals surface area contributed by atoms with Gasteiger partial charge in [0.05, 0.1) is 24.4 Å². The molecule has 1 aromatic carbocycles. The van der Waals surface area contributed by atoms with E-state index in [-0.39, 0.29) is 16.9 Å². The molecule has 1 heterocycles. The molecule has 0 bridgehead atoms. The number of esters is 1. The molecule has 0 spiro atoms. The molecule has 0 radical (unpaired) electrons. The number of nitrogens with zero attached hydrogens (tertiary/aromatic N) is 1. The number of carbonyl (C=O) groups is 3. The van der Waals surface area contributed by atoms with Crippen LogP contribution < -0.4 is 16.3 Å². The van der Waals surface area contributed by atoms with Crippen LogP contribution in [0.3, 0.4) is 0 Å². The van der Waals surface area contributed by atoms with Crippen LogP contribution in [0.15, 0.2) is 21.3 Å². The molecule has 2 aromatic rings. The fraction of sp³-hybridized carbons (Fsp3) is 0.421. The number of carbonyl (C=O) groups excluding carboxylic acids is 2. The van der Waals surface area contributed by atoms with E-state index in [2.05, 4.69) is 20.4 Å². The second-order valence-electron chi connectivity index (χ2n) is 7.38. The fourth-order valence-electron chi connectivity index (χ4n) is 2.59. The fourth-order valence-corrected chi connectivity index (χ4v) is 2.59. The molecule has 1 aromatic heterocycles. The molecule has 11 heteroatoms. The zero-order valence-electron chi connectivity index (χ0n) is 17.2. The van der Waals surface area contributed by atoms with Gasteiger partial charge in [0.25, 0.3) is 6.01 Å². The smallest absolute Gasteiger partial charge is 0.412 e. The Bertz CT molecular complexity index is 1040. The summed E-state index contributed by atoms with van der Waals surface area (Å²) in [6.45, 7) is 6.76. The van der Waals surface area contributed by atoms with Crippen molar-refractivity contribution in [1.29, 1.82) is 0 Å². The van der Waals surface area contributed by atoms with Crippen molar-refractivity contribution >= 4 is 40.6 Å². The number of fused-ring (bicyclic) bond motifs is 1. The summed E-state index contributed by atoms with van der Waals surface area (Å²) < 4.78 is 14.8. The monoisotopic (exact) mass is 421 g/mol. The molecule has 0 aliphatic heterocycles. The summed E-state index contributed by atoms with van der Waals surface area (Å²) in [7, 11) is 1.10. The van der Waals surface area contributed by atoms with E-state index in [9.17, 15) is 19.2 Å². The maximum Gasteiger partial charge on any atom is 0.412 e. The number of hydrogen-bond acceptors (Lipinski definition) is 9. The third-order valence-electron chi connectivity index (χ3n) is 3.86. The van der Waals surface area contributed by atoms with Gasteiger partial charge >= 0.3 is 23.7 Å². The third kappa shape index (κ3) is 5.69. The van der Waals surface area contributed by atoms with Crippen LogP contribution in [0, 0.1) is 6.92 Å². The summed E-state index contributed by atoms with van der Waals surface area (Å²) >= 11 is 0. The molecule has 1 amide bonds. The minimum atomic E-state index is -1.30. The molecule has 11 nitrogen and oxygen atoms in total. The average molecular weight is 421 g/mol. The zero-order chi connectivity index (χ0) is 22.6. The number of nitrogens with one attached hydrogen (secondary N) is 2. The number of benzene rings is 1. The minimum absolute atomic E-state index is 0.113. The van der Waals surface area contributed by atoms with Gasteiger partial charge in [-0.15, -0.1) is 0 Å². The van der Waals surface area contributed by atoms with Crippen LogP contribution in [0.1, 0.15) is 32.8 Å².